The van der Waals surface area contributed by atoms with Gasteiger partial charge in [0.25, 0.3) is 5.91 Å². The maximum atomic E-state index is 14.9. The monoisotopic (exact) mass is 643 g/mol. The number of rotatable bonds is 6. The largest absolute Gasteiger partial charge is 0.437 e. The van der Waals surface area contributed by atoms with Crippen LogP contribution >= 0.6 is 0 Å². The maximum Gasteiger partial charge on any atom is 0.255 e. The number of nitrogens with zero attached hydrogens (tertiary/aromatic N) is 4. The van der Waals surface area contributed by atoms with E-state index in [1.54, 1.807) is 30.3 Å². The number of hydrogen-bond acceptors (Lipinski definition) is 7. The zero-order valence-electron chi connectivity index (χ0n) is 24.9. The summed E-state index contributed by atoms with van der Waals surface area (Å²) in [7, 11) is -1.02. The predicted molar refractivity (Wildman–Crippen MR) is 170 cm³/mol. The van der Waals surface area contributed by atoms with Gasteiger partial charge in [-0.3, -0.25) is 9.10 Å². The molecule has 0 fully saturated rings. The number of amides is 1. The molecule has 5 heterocycles. The van der Waals surface area contributed by atoms with E-state index in [-0.39, 0.29) is 46.5 Å². The Labute approximate surface area is 262 Å². The van der Waals surface area contributed by atoms with Crippen LogP contribution in [0.2, 0.25) is 0 Å². The van der Waals surface area contributed by atoms with E-state index >= 15 is 0 Å². The Hall–Kier alpha value is -5.14. The molecule has 0 bridgehead atoms. The molecule has 0 spiro atoms. The molecule has 1 unspecified atom stereocenters. The topological polar surface area (TPSA) is 131 Å². The van der Waals surface area contributed by atoms with E-state index < -0.39 is 27.6 Å². The lowest BCUT2D eigenvalue weighted by Crippen LogP contribution is -2.26. The van der Waals surface area contributed by atoms with Crippen molar-refractivity contribution in [1.29, 1.82) is 0 Å². The predicted octanol–water partition coefficient (Wildman–Crippen LogP) is 5.30. The zero-order valence-corrected chi connectivity index (χ0v) is 25.7. The van der Waals surface area contributed by atoms with E-state index in [2.05, 4.69) is 10.3 Å². The minimum absolute atomic E-state index is 0.000875. The molecule has 13 heteroatoms. The van der Waals surface area contributed by atoms with Gasteiger partial charge in [-0.05, 0) is 66.6 Å². The van der Waals surface area contributed by atoms with Gasteiger partial charge < -0.3 is 19.4 Å². The summed E-state index contributed by atoms with van der Waals surface area (Å²) in [6, 6.07) is 16.7. The van der Waals surface area contributed by atoms with Crippen molar-refractivity contribution in [3.63, 3.8) is 0 Å². The van der Waals surface area contributed by atoms with Gasteiger partial charge in [0.05, 0.1) is 52.5 Å². The number of aliphatic hydroxyl groups excluding tert-OH is 1. The number of hydrogen-bond donors (Lipinski definition) is 2. The van der Waals surface area contributed by atoms with Crippen molar-refractivity contribution in [2.45, 2.75) is 12.5 Å². The third-order valence-electron chi connectivity index (χ3n) is 8.38. The van der Waals surface area contributed by atoms with Crippen LogP contribution in [0.1, 0.15) is 22.0 Å². The second kappa shape index (κ2) is 10.7. The maximum absolute atomic E-state index is 14.9. The molecule has 6 aromatic rings. The molecule has 0 aliphatic carbocycles. The molecule has 10 nitrogen and oxygen atoms in total. The summed E-state index contributed by atoms with van der Waals surface area (Å²) in [5.41, 5.74) is 3.75. The van der Waals surface area contributed by atoms with Crippen LogP contribution in [0.4, 0.5) is 14.6 Å². The van der Waals surface area contributed by atoms with E-state index in [9.17, 15) is 27.1 Å². The van der Waals surface area contributed by atoms with Gasteiger partial charge in [-0.1, -0.05) is 12.1 Å². The number of pyridine rings is 2. The minimum atomic E-state index is -3.83. The third-order valence-corrected chi connectivity index (χ3v) is 9.55. The van der Waals surface area contributed by atoms with Gasteiger partial charge >= 0.3 is 0 Å². The zero-order chi connectivity index (χ0) is 32.5. The highest BCUT2D eigenvalue weighted by molar-refractivity contribution is 7.92. The number of anilines is 1. The SMILES string of the molecule is CNC(=O)c1c(-c2ccc(F)cc2)oc2nc(N(C)S(C)(=O)=O)c(-c3ccc4c(n3)-c3cc5c(F)cccc5n3C(CO)C4)cc12. The summed E-state index contributed by atoms with van der Waals surface area (Å²) in [4.78, 5) is 22.8. The van der Waals surface area contributed by atoms with Crippen molar-refractivity contribution < 1.29 is 31.5 Å². The van der Waals surface area contributed by atoms with E-state index in [0.717, 1.165) is 16.1 Å². The van der Waals surface area contributed by atoms with Gasteiger partial charge in [0, 0.05) is 30.6 Å². The van der Waals surface area contributed by atoms with Crippen molar-refractivity contribution >= 4 is 43.8 Å². The smallest absolute Gasteiger partial charge is 0.255 e. The first-order chi connectivity index (χ1) is 22.0. The molecule has 0 saturated heterocycles. The van der Waals surface area contributed by atoms with Crippen molar-refractivity contribution in [1.82, 2.24) is 19.9 Å². The number of carbonyl (C=O) groups is 1. The van der Waals surface area contributed by atoms with Crippen LogP contribution in [-0.2, 0) is 16.4 Å². The summed E-state index contributed by atoms with van der Waals surface area (Å²) < 4.78 is 63.1. The van der Waals surface area contributed by atoms with Gasteiger partial charge in [0.15, 0.2) is 5.82 Å². The molecule has 2 N–H and O–H groups in total. The summed E-state index contributed by atoms with van der Waals surface area (Å²) in [6.45, 7) is -0.169. The molecule has 2 aromatic carbocycles. The Kier molecular flexibility index (Phi) is 6.90. The van der Waals surface area contributed by atoms with Crippen LogP contribution in [0.5, 0.6) is 0 Å². The Bertz CT molecular complexity index is 2320. The number of halogens is 2. The lowest BCUT2D eigenvalue weighted by atomic mass is 9.96. The number of aliphatic hydroxyl groups is 1. The van der Waals surface area contributed by atoms with E-state index in [1.807, 2.05) is 10.6 Å². The molecule has 1 aliphatic heterocycles. The van der Waals surface area contributed by atoms with Crippen molar-refractivity contribution in [3.05, 3.63) is 89.5 Å². The molecule has 0 saturated carbocycles. The van der Waals surface area contributed by atoms with Crippen LogP contribution < -0.4 is 9.62 Å². The van der Waals surface area contributed by atoms with Crippen LogP contribution in [0.25, 0.3) is 56.0 Å². The first-order valence-corrected chi connectivity index (χ1v) is 16.2. The number of carbonyl (C=O) groups excluding carboxylic acids is 1. The molecule has 4 aromatic heterocycles. The van der Waals surface area contributed by atoms with Gasteiger partial charge in [0.1, 0.15) is 17.4 Å². The second-order valence-corrected chi connectivity index (χ2v) is 13.2. The normalized spacial score (nSPS) is 14.3. The number of benzene rings is 2. The van der Waals surface area contributed by atoms with Gasteiger partial charge in [-0.25, -0.2) is 22.2 Å². The lowest BCUT2D eigenvalue weighted by molar-refractivity contribution is 0.0964. The summed E-state index contributed by atoms with van der Waals surface area (Å²) in [5, 5.41) is 13.5. The van der Waals surface area contributed by atoms with E-state index in [0.29, 0.717) is 40.0 Å². The summed E-state index contributed by atoms with van der Waals surface area (Å²) >= 11 is 0. The fourth-order valence-corrected chi connectivity index (χ4v) is 6.51. The fourth-order valence-electron chi connectivity index (χ4n) is 6.06. The Morgan fingerprint density at radius 2 is 1.85 bits per heavy atom. The number of nitrogens with one attached hydrogen (secondary N) is 1. The van der Waals surface area contributed by atoms with E-state index in [1.165, 1.54) is 44.4 Å². The van der Waals surface area contributed by atoms with Crippen LogP contribution in [-0.4, -0.2) is 60.9 Å². The highest BCUT2D eigenvalue weighted by atomic mass is 32.2. The van der Waals surface area contributed by atoms with Gasteiger partial charge in [0.2, 0.25) is 15.7 Å². The first-order valence-electron chi connectivity index (χ1n) is 14.3. The van der Waals surface area contributed by atoms with Crippen LogP contribution in [0.15, 0.2) is 71.1 Å². The molecule has 0 radical (unpaired) electrons. The number of aromatic nitrogens is 3. The van der Waals surface area contributed by atoms with Crippen molar-refractivity contribution in [2.75, 3.05) is 31.3 Å². The molecule has 1 aliphatic rings. The summed E-state index contributed by atoms with van der Waals surface area (Å²) in [5.74, 6) is -1.23. The Morgan fingerprint density at radius 1 is 1.09 bits per heavy atom. The Morgan fingerprint density at radius 3 is 2.54 bits per heavy atom. The van der Waals surface area contributed by atoms with Gasteiger partial charge in [-0.2, -0.15) is 4.98 Å². The first kappa shape index (κ1) is 29.6. The van der Waals surface area contributed by atoms with E-state index in [4.69, 9.17) is 9.40 Å². The van der Waals surface area contributed by atoms with Gasteiger partial charge in [-0.15, -0.1) is 0 Å². The fraction of sp³-hybridized carbons (Fsp3) is 0.182. The molecular formula is C33H27F2N5O5S. The summed E-state index contributed by atoms with van der Waals surface area (Å²) in [6.07, 6.45) is 1.47. The third kappa shape index (κ3) is 4.62. The van der Waals surface area contributed by atoms with Crippen LogP contribution in [0, 0.1) is 11.6 Å². The molecular weight excluding hydrogens is 616 g/mol. The molecule has 1 amide bonds. The molecule has 46 heavy (non-hydrogen) atoms. The average Bonchev–Trinajstić information content (AvgIpc) is 3.63. The quantitative estimate of drug-likeness (QED) is 0.252. The minimum Gasteiger partial charge on any atom is -0.437 e. The number of furan rings is 1. The lowest BCUT2D eigenvalue weighted by Gasteiger charge is -2.27. The van der Waals surface area contributed by atoms with Crippen LogP contribution in [0.3, 0.4) is 0 Å². The molecule has 7 rings (SSSR count). The number of fused-ring (bicyclic) bond motifs is 6. The highest BCUT2D eigenvalue weighted by Gasteiger charge is 2.31. The molecule has 1 atom stereocenters. The number of sulfonamides is 1. The molecule has 234 valence electrons. The van der Waals surface area contributed by atoms with Crippen molar-refractivity contribution in [2.24, 2.45) is 0 Å². The average molecular weight is 644 g/mol. The highest BCUT2D eigenvalue weighted by Crippen LogP contribution is 2.43. The van der Waals surface area contributed by atoms with Crippen molar-refractivity contribution in [3.8, 4) is 34.0 Å². The Balaban J connectivity index is 1.50. The second-order valence-electron chi connectivity index (χ2n) is 11.2. The standard InChI is InChI=1S/C33H27F2N5O5S/c1-36-32(42)28-23-14-22(31(39(2)46(3,43)44)38-33(23)45-30(28)17-7-10-19(34)11-8-17)25-12-9-18-13-20(16-41)40-26-6-4-5-24(35)21(26)15-27(40)29(18)37-25/h4-12,14-15,20,41H,13,16H2,1-3H3,(H,36,42).